The Hall–Kier alpha value is -0.570. The number of rotatable bonds is 7. The Balaban J connectivity index is 3.78. The molecule has 0 fully saturated rings. The Bertz CT molecular complexity index is 221. The van der Waals surface area contributed by atoms with Crippen molar-refractivity contribution < 1.29 is 4.79 Å². The van der Waals surface area contributed by atoms with Crippen molar-refractivity contribution in [1.29, 1.82) is 0 Å². The maximum atomic E-state index is 11.7. The SMILES string of the molecule is CNCC(C)CNC(=O)CC(C)CC(C)(C)C. The molecule has 0 rings (SSSR count). The summed E-state index contributed by atoms with van der Waals surface area (Å²) in [7, 11) is 1.93. The molecule has 0 aromatic heterocycles. The minimum Gasteiger partial charge on any atom is -0.356 e. The second-order valence-electron chi connectivity index (χ2n) is 6.54. The molecule has 2 atom stereocenters. The molecule has 0 bridgehead atoms. The fourth-order valence-electron chi connectivity index (χ4n) is 2.21. The van der Waals surface area contributed by atoms with E-state index in [4.69, 9.17) is 0 Å². The molecule has 0 saturated carbocycles. The van der Waals surface area contributed by atoms with E-state index in [2.05, 4.69) is 45.3 Å². The number of hydrogen-bond acceptors (Lipinski definition) is 2. The van der Waals surface area contributed by atoms with Crippen LogP contribution in [0.4, 0.5) is 0 Å². The third-order valence-corrected chi connectivity index (χ3v) is 2.69. The molecule has 2 unspecified atom stereocenters. The van der Waals surface area contributed by atoms with Crippen molar-refractivity contribution in [3.8, 4) is 0 Å². The van der Waals surface area contributed by atoms with Crippen molar-refractivity contribution in [2.75, 3.05) is 20.1 Å². The van der Waals surface area contributed by atoms with Gasteiger partial charge in [-0.25, -0.2) is 0 Å². The maximum absolute atomic E-state index is 11.7. The first-order valence-electron chi connectivity index (χ1n) is 6.66. The molecule has 2 N–H and O–H groups in total. The summed E-state index contributed by atoms with van der Waals surface area (Å²) in [5, 5.41) is 6.12. The summed E-state index contributed by atoms with van der Waals surface area (Å²) < 4.78 is 0. The van der Waals surface area contributed by atoms with E-state index in [-0.39, 0.29) is 5.91 Å². The Morgan fingerprint density at radius 2 is 1.71 bits per heavy atom. The van der Waals surface area contributed by atoms with Crippen LogP contribution in [0.5, 0.6) is 0 Å². The van der Waals surface area contributed by atoms with Gasteiger partial charge in [0.05, 0.1) is 0 Å². The number of carbonyl (C=O) groups is 1. The largest absolute Gasteiger partial charge is 0.356 e. The second kappa shape index (κ2) is 7.70. The molecule has 0 spiro atoms. The molecular formula is C14H30N2O. The Morgan fingerprint density at radius 1 is 1.12 bits per heavy atom. The lowest BCUT2D eigenvalue weighted by molar-refractivity contribution is -0.122. The highest BCUT2D eigenvalue weighted by Crippen LogP contribution is 2.25. The predicted octanol–water partition coefficient (Wildman–Crippen LogP) is 2.42. The van der Waals surface area contributed by atoms with E-state index in [0.29, 0.717) is 23.7 Å². The monoisotopic (exact) mass is 242 g/mol. The highest BCUT2D eigenvalue weighted by Gasteiger charge is 2.17. The molecule has 1 amide bonds. The van der Waals surface area contributed by atoms with Gasteiger partial charge in [0.1, 0.15) is 0 Å². The van der Waals surface area contributed by atoms with Gasteiger partial charge in [-0.1, -0.05) is 34.6 Å². The van der Waals surface area contributed by atoms with Crippen LogP contribution in [0, 0.1) is 17.3 Å². The zero-order valence-electron chi connectivity index (χ0n) is 12.4. The first-order valence-corrected chi connectivity index (χ1v) is 6.66. The van der Waals surface area contributed by atoms with E-state index in [1.54, 1.807) is 0 Å². The zero-order valence-corrected chi connectivity index (χ0v) is 12.4. The van der Waals surface area contributed by atoms with Crippen LogP contribution in [0.25, 0.3) is 0 Å². The van der Waals surface area contributed by atoms with E-state index in [0.717, 1.165) is 19.5 Å². The maximum Gasteiger partial charge on any atom is 0.220 e. The van der Waals surface area contributed by atoms with Gasteiger partial charge in [-0.3, -0.25) is 4.79 Å². The molecule has 0 aliphatic heterocycles. The molecule has 0 aromatic carbocycles. The van der Waals surface area contributed by atoms with Crippen molar-refractivity contribution in [2.45, 2.75) is 47.5 Å². The van der Waals surface area contributed by atoms with Gasteiger partial charge in [0.2, 0.25) is 5.91 Å². The van der Waals surface area contributed by atoms with Crippen LogP contribution in [0.1, 0.15) is 47.5 Å². The van der Waals surface area contributed by atoms with Crippen molar-refractivity contribution >= 4 is 5.91 Å². The minimum atomic E-state index is 0.185. The summed E-state index contributed by atoms with van der Waals surface area (Å²) in [6, 6.07) is 0. The van der Waals surface area contributed by atoms with E-state index < -0.39 is 0 Å². The van der Waals surface area contributed by atoms with Crippen molar-refractivity contribution in [3.63, 3.8) is 0 Å². The normalized spacial score (nSPS) is 15.4. The quantitative estimate of drug-likeness (QED) is 0.720. The molecule has 102 valence electrons. The fourth-order valence-corrected chi connectivity index (χ4v) is 2.21. The Kier molecular flexibility index (Phi) is 7.44. The number of carbonyl (C=O) groups excluding carboxylic acids is 1. The third-order valence-electron chi connectivity index (χ3n) is 2.69. The van der Waals surface area contributed by atoms with Crippen molar-refractivity contribution in [3.05, 3.63) is 0 Å². The lowest BCUT2D eigenvalue weighted by Gasteiger charge is -2.23. The van der Waals surface area contributed by atoms with E-state index in [1.165, 1.54) is 0 Å². The average Bonchev–Trinajstić information content (AvgIpc) is 2.12. The second-order valence-corrected chi connectivity index (χ2v) is 6.54. The smallest absolute Gasteiger partial charge is 0.220 e. The summed E-state index contributed by atoms with van der Waals surface area (Å²) in [5.74, 6) is 1.13. The number of nitrogens with one attached hydrogen (secondary N) is 2. The fraction of sp³-hybridized carbons (Fsp3) is 0.929. The number of hydrogen-bond donors (Lipinski definition) is 2. The van der Waals surface area contributed by atoms with Gasteiger partial charge in [-0.05, 0) is 37.3 Å². The van der Waals surface area contributed by atoms with Crippen molar-refractivity contribution in [2.24, 2.45) is 17.3 Å². The van der Waals surface area contributed by atoms with Crippen LogP contribution in [0.3, 0.4) is 0 Å². The highest BCUT2D eigenvalue weighted by atomic mass is 16.1. The van der Waals surface area contributed by atoms with Crippen LogP contribution >= 0.6 is 0 Å². The molecule has 0 aliphatic carbocycles. The van der Waals surface area contributed by atoms with E-state index >= 15 is 0 Å². The summed E-state index contributed by atoms with van der Waals surface area (Å²) in [6.45, 7) is 12.7. The molecule has 0 heterocycles. The van der Waals surface area contributed by atoms with Gasteiger partial charge in [0.25, 0.3) is 0 Å². The molecule has 0 saturated heterocycles. The molecule has 3 nitrogen and oxygen atoms in total. The van der Waals surface area contributed by atoms with Gasteiger partial charge in [0, 0.05) is 13.0 Å². The summed E-state index contributed by atoms with van der Waals surface area (Å²) in [6.07, 6.45) is 1.73. The molecule has 17 heavy (non-hydrogen) atoms. The van der Waals surface area contributed by atoms with Gasteiger partial charge >= 0.3 is 0 Å². The van der Waals surface area contributed by atoms with Crippen molar-refractivity contribution in [1.82, 2.24) is 10.6 Å². The van der Waals surface area contributed by atoms with Gasteiger partial charge < -0.3 is 10.6 Å². The standard InChI is InChI=1S/C14H30N2O/c1-11(8-14(3,4)5)7-13(17)16-10-12(2)9-15-6/h11-12,15H,7-10H2,1-6H3,(H,16,17). The first-order chi connectivity index (χ1) is 7.74. The molecule has 0 radical (unpaired) electrons. The Labute approximate surface area is 107 Å². The van der Waals surface area contributed by atoms with Gasteiger partial charge in [0.15, 0.2) is 0 Å². The summed E-state index contributed by atoms with van der Waals surface area (Å²) >= 11 is 0. The van der Waals surface area contributed by atoms with Crippen LogP contribution in [-0.2, 0) is 4.79 Å². The molecule has 0 aromatic rings. The lowest BCUT2D eigenvalue weighted by atomic mass is 9.84. The topological polar surface area (TPSA) is 41.1 Å². The first kappa shape index (κ1) is 16.4. The molecule has 0 aliphatic rings. The van der Waals surface area contributed by atoms with Gasteiger partial charge in [-0.15, -0.1) is 0 Å². The molecule has 3 heteroatoms. The van der Waals surface area contributed by atoms with Crippen LogP contribution in [0.15, 0.2) is 0 Å². The summed E-state index contributed by atoms with van der Waals surface area (Å²) in [5.41, 5.74) is 0.305. The molecular weight excluding hydrogens is 212 g/mol. The van der Waals surface area contributed by atoms with Crippen LogP contribution < -0.4 is 10.6 Å². The number of amides is 1. The third kappa shape index (κ3) is 10.3. The lowest BCUT2D eigenvalue weighted by Crippen LogP contribution is -2.33. The van der Waals surface area contributed by atoms with Crippen LogP contribution in [0.2, 0.25) is 0 Å². The highest BCUT2D eigenvalue weighted by molar-refractivity contribution is 5.76. The van der Waals surface area contributed by atoms with E-state index in [1.807, 2.05) is 7.05 Å². The Morgan fingerprint density at radius 3 is 2.18 bits per heavy atom. The zero-order chi connectivity index (χ0) is 13.5. The average molecular weight is 242 g/mol. The minimum absolute atomic E-state index is 0.185. The van der Waals surface area contributed by atoms with E-state index in [9.17, 15) is 4.79 Å². The van der Waals surface area contributed by atoms with Crippen LogP contribution in [-0.4, -0.2) is 26.0 Å². The summed E-state index contributed by atoms with van der Waals surface area (Å²) in [4.78, 5) is 11.7. The van der Waals surface area contributed by atoms with Gasteiger partial charge in [-0.2, -0.15) is 0 Å². The predicted molar refractivity (Wildman–Crippen MR) is 74.0 cm³/mol.